The van der Waals surface area contributed by atoms with E-state index in [1.54, 1.807) is 0 Å². The molecule has 0 aliphatic carbocycles. The van der Waals surface area contributed by atoms with Gasteiger partial charge in [0.1, 0.15) is 0 Å². The molecule has 0 aromatic rings. The summed E-state index contributed by atoms with van der Waals surface area (Å²) in [4.78, 5) is 2.79. The Hall–Kier alpha value is -0.0600. The van der Waals surface area contributed by atoms with E-state index in [4.69, 9.17) is 12.2 Å². The van der Waals surface area contributed by atoms with Gasteiger partial charge in [0.25, 0.3) is 0 Å². The number of hydrogen-bond acceptors (Lipinski definition) is 2. The lowest BCUT2D eigenvalue weighted by atomic mass is 9.81. The summed E-state index contributed by atoms with van der Waals surface area (Å²) in [6, 6.07) is 2.12. The van der Waals surface area contributed by atoms with Gasteiger partial charge in [-0.2, -0.15) is 0 Å². The zero-order chi connectivity index (χ0) is 14.5. The molecule has 3 nitrogen and oxygen atoms in total. The first kappa shape index (κ1) is 19.0. The third-order valence-electron chi connectivity index (χ3n) is 4.57. The maximum absolute atomic E-state index is 5.40. The van der Waals surface area contributed by atoms with E-state index in [2.05, 4.69) is 36.3 Å². The first-order valence-electron chi connectivity index (χ1n) is 8.40. The Morgan fingerprint density at radius 1 is 1.24 bits per heavy atom. The molecule has 2 fully saturated rings. The van der Waals surface area contributed by atoms with Crippen LogP contribution in [0.5, 0.6) is 0 Å². The maximum atomic E-state index is 5.40. The van der Waals surface area contributed by atoms with Crippen molar-refractivity contribution in [2.24, 2.45) is 5.92 Å². The van der Waals surface area contributed by atoms with Crippen molar-refractivity contribution in [1.29, 1.82) is 0 Å². The van der Waals surface area contributed by atoms with E-state index in [1.165, 1.54) is 38.6 Å². The summed E-state index contributed by atoms with van der Waals surface area (Å²) in [5.74, 6) is 0.773. The smallest absolute Gasteiger partial charge is 0.166 e. The van der Waals surface area contributed by atoms with Crippen LogP contribution in [-0.2, 0) is 0 Å². The highest BCUT2D eigenvalue weighted by molar-refractivity contribution is 7.80. The van der Waals surface area contributed by atoms with Crippen molar-refractivity contribution in [2.45, 2.75) is 77.4 Å². The molecule has 2 rings (SSSR count). The molecule has 2 heterocycles. The summed E-state index contributed by atoms with van der Waals surface area (Å²) < 4.78 is 0. The van der Waals surface area contributed by atoms with Gasteiger partial charge in [-0.3, -0.25) is 4.90 Å². The molecule has 2 atom stereocenters. The maximum Gasteiger partial charge on any atom is 0.166 e. The van der Waals surface area contributed by atoms with E-state index >= 15 is 0 Å². The largest absolute Gasteiger partial charge is 0.363 e. The monoisotopic (exact) mass is 333 g/mol. The van der Waals surface area contributed by atoms with Crippen molar-refractivity contribution in [3.8, 4) is 0 Å². The fourth-order valence-electron chi connectivity index (χ4n) is 3.79. The highest BCUT2D eigenvalue weighted by Crippen LogP contribution is 2.34. The third kappa shape index (κ3) is 5.57. The summed E-state index contributed by atoms with van der Waals surface area (Å²) in [5, 5.41) is 7.70. The molecule has 5 heteroatoms. The molecule has 0 spiro atoms. The van der Waals surface area contributed by atoms with Crippen LogP contribution in [0, 0.1) is 5.92 Å². The molecular formula is C16H32ClN3S. The number of fused-ring (bicyclic) bond motifs is 2. The second kappa shape index (κ2) is 9.16. The average Bonchev–Trinajstić information content (AvgIpc) is 2.36. The zero-order valence-electron chi connectivity index (χ0n) is 13.7. The standard InChI is InChI=1S/C16H31N3S.ClH/c1-4-8-17-16(20)18-13-9-14-6-5-7-15(10-13)19(14)11-12(2)3;/h12-15H,4-11H2,1-3H3,(H2,17,18,20);1H. The average molecular weight is 334 g/mol. The normalized spacial score (nSPS) is 28.9. The molecule has 2 saturated heterocycles. The fourth-order valence-corrected chi connectivity index (χ4v) is 4.06. The molecular weight excluding hydrogens is 302 g/mol. The Kier molecular flexibility index (Phi) is 8.28. The summed E-state index contributed by atoms with van der Waals surface area (Å²) in [6.45, 7) is 9.09. The molecule has 0 aromatic heterocycles. The summed E-state index contributed by atoms with van der Waals surface area (Å²) in [6.07, 6.45) is 7.80. The lowest BCUT2D eigenvalue weighted by Crippen LogP contribution is -2.58. The minimum atomic E-state index is 0. The molecule has 2 aliphatic heterocycles. The summed E-state index contributed by atoms with van der Waals surface area (Å²) in [7, 11) is 0. The van der Waals surface area contributed by atoms with E-state index in [9.17, 15) is 0 Å². The molecule has 2 unspecified atom stereocenters. The number of thiocarbonyl (C=S) groups is 1. The van der Waals surface area contributed by atoms with Crippen molar-refractivity contribution in [3.63, 3.8) is 0 Å². The quantitative estimate of drug-likeness (QED) is 0.755. The Morgan fingerprint density at radius 3 is 2.38 bits per heavy atom. The lowest BCUT2D eigenvalue weighted by molar-refractivity contribution is 0.0190. The second-order valence-corrected chi connectivity index (χ2v) is 7.31. The fraction of sp³-hybridized carbons (Fsp3) is 0.938. The number of hydrogen-bond donors (Lipinski definition) is 2. The Bertz CT molecular complexity index is 311. The van der Waals surface area contributed by atoms with Crippen molar-refractivity contribution in [2.75, 3.05) is 13.1 Å². The molecule has 2 aliphatic rings. The number of rotatable bonds is 5. The Morgan fingerprint density at radius 2 is 1.86 bits per heavy atom. The lowest BCUT2D eigenvalue weighted by Gasteiger charge is -2.49. The van der Waals surface area contributed by atoms with Gasteiger partial charge in [-0.25, -0.2) is 0 Å². The first-order chi connectivity index (χ1) is 9.60. The molecule has 0 saturated carbocycles. The highest BCUT2D eigenvalue weighted by Gasteiger charge is 2.38. The van der Waals surface area contributed by atoms with E-state index in [-0.39, 0.29) is 12.4 Å². The van der Waals surface area contributed by atoms with Gasteiger partial charge in [0, 0.05) is 31.2 Å². The van der Waals surface area contributed by atoms with Gasteiger partial charge in [-0.15, -0.1) is 12.4 Å². The van der Waals surface area contributed by atoms with Crippen molar-refractivity contribution >= 4 is 29.7 Å². The molecule has 0 radical (unpaired) electrons. The van der Waals surface area contributed by atoms with E-state index < -0.39 is 0 Å². The van der Waals surface area contributed by atoms with Crippen LogP contribution in [0.1, 0.15) is 59.3 Å². The van der Waals surface area contributed by atoms with Gasteiger partial charge >= 0.3 is 0 Å². The predicted octanol–water partition coefficient (Wildman–Crippen LogP) is 3.32. The molecule has 2 bridgehead atoms. The van der Waals surface area contributed by atoms with Gasteiger partial charge in [-0.1, -0.05) is 27.2 Å². The van der Waals surface area contributed by atoms with E-state index in [0.717, 1.165) is 36.1 Å². The van der Waals surface area contributed by atoms with Crippen molar-refractivity contribution in [3.05, 3.63) is 0 Å². The molecule has 0 aromatic carbocycles. The van der Waals surface area contributed by atoms with Gasteiger partial charge in [0.15, 0.2) is 5.11 Å². The van der Waals surface area contributed by atoms with Crippen LogP contribution >= 0.6 is 24.6 Å². The van der Waals surface area contributed by atoms with Crippen LogP contribution in [0.4, 0.5) is 0 Å². The summed E-state index contributed by atoms with van der Waals surface area (Å²) in [5.41, 5.74) is 0. The van der Waals surface area contributed by atoms with Gasteiger partial charge < -0.3 is 10.6 Å². The van der Waals surface area contributed by atoms with Crippen LogP contribution in [0.25, 0.3) is 0 Å². The minimum absolute atomic E-state index is 0. The molecule has 124 valence electrons. The summed E-state index contributed by atoms with van der Waals surface area (Å²) >= 11 is 5.40. The number of nitrogens with zero attached hydrogens (tertiary/aromatic N) is 1. The zero-order valence-corrected chi connectivity index (χ0v) is 15.4. The molecule has 2 N–H and O–H groups in total. The van der Waals surface area contributed by atoms with Gasteiger partial charge in [0.05, 0.1) is 0 Å². The topological polar surface area (TPSA) is 27.3 Å². The van der Waals surface area contributed by atoms with E-state index in [0.29, 0.717) is 6.04 Å². The van der Waals surface area contributed by atoms with Gasteiger partial charge in [-0.05, 0) is 50.2 Å². The van der Waals surface area contributed by atoms with Crippen LogP contribution in [0.15, 0.2) is 0 Å². The Balaban J connectivity index is 0.00000220. The SMILES string of the molecule is CCCNC(=S)NC1CC2CCCC(C1)N2CC(C)C.Cl. The number of piperidine rings is 2. The van der Waals surface area contributed by atoms with Crippen molar-refractivity contribution in [1.82, 2.24) is 15.5 Å². The van der Waals surface area contributed by atoms with Crippen LogP contribution in [0.2, 0.25) is 0 Å². The first-order valence-corrected chi connectivity index (χ1v) is 8.81. The third-order valence-corrected chi connectivity index (χ3v) is 4.83. The predicted molar refractivity (Wildman–Crippen MR) is 97.3 cm³/mol. The number of nitrogens with one attached hydrogen (secondary N) is 2. The van der Waals surface area contributed by atoms with Crippen molar-refractivity contribution < 1.29 is 0 Å². The van der Waals surface area contributed by atoms with E-state index in [1.807, 2.05) is 0 Å². The van der Waals surface area contributed by atoms with Gasteiger partial charge in [0.2, 0.25) is 0 Å². The molecule has 0 amide bonds. The highest BCUT2D eigenvalue weighted by atomic mass is 35.5. The minimum Gasteiger partial charge on any atom is -0.363 e. The van der Waals surface area contributed by atoms with Crippen LogP contribution in [-0.4, -0.2) is 41.2 Å². The number of halogens is 1. The molecule has 21 heavy (non-hydrogen) atoms. The second-order valence-electron chi connectivity index (χ2n) is 6.90. The van der Waals surface area contributed by atoms with Crippen LogP contribution < -0.4 is 10.6 Å². The van der Waals surface area contributed by atoms with Crippen LogP contribution in [0.3, 0.4) is 0 Å². The Labute approximate surface area is 142 Å².